The van der Waals surface area contributed by atoms with E-state index in [0.717, 1.165) is 0 Å². The summed E-state index contributed by atoms with van der Waals surface area (Å²) < 4.78 is 33.7. The molecule has 3 rings (SSSR count). The van der Waals surface area contributed by atoms with Gasteiger partial charge in [0.15, 0.2) is 0 Å². The third-order valence-electron chi connectivity index (χ3n) is 4.70. The molecule has 31 heavy (non-hydrogen) atoms. The van der Waals surface area contributed by atoms with Gasteiger partial charge in [-0.1, -0.05) is 18.2 Å². The van der Waals surface area contributed by atoms with Crippen molar-refractivity contribution in [1.82, 2.24) is 0 Å². The molecule has 0 saturated carbocycles. The SMILES string of the molecule is COC(=O)C1=C(C(=O)OC)N(c2cccc(-c3ccc(F)c(C(=O)OC)c3)c2)COC1. The maximum atomic E-state index is 14.0. The van der Waals surface area contributed by atoms with Crippen molar-refractivity contribution in [2.75, 3.05) is 39.6 Å². The van der Waals surface area contributed by atoms with Crippen molar-refractivity contribution in [2.45, 2.75) is 0 Å². The topological polar surface area (TPSA) is 91.4 Å². The monoisotopic (exact) mass is 429 g/mol. The molecular weight excluding hydrogens is 409 g/mol. The summed E-state index contributed by atoms with van der Waals surface area (Å²) in [5.41, 5.74) is 1.54. The molecule has 0 N–H and O–H groups in total. The van der Waals surface area contributed by atoms with Crippen LogP contribution in [0.2, 0.25) is 0 Å². The Morgan fingerprint density at radius 3 is 2.26 bits per heavy atom. The first-order chi connectivity index (χ1) is 14.9. The van der Waals surface area contributed by atoms with Gasteiger partial charge in [0.25, 0.3) is 0 Å². The molecule has 0 bridgehead atoms. The lowest BCUT2D eigenvalue weighted by atomic mass is 10.0. The molecule has 0 fully saturated rings. The van der Waals surface area contributed by atoms with E-state index in [1.54, 1.807) is 24.3 Å². The number of carbonyl (C=O) groups excluding carboxylic acids is 3. The molecular formula is C22H20FNO7. The normalized spacial score (nSPS) is 13.6. The highest BCUT2D eigenvalue weighted by molar-refractivity contribution is 6.03. The van der Waals surface area contributed by atoms with Gasteiger partial charge in [-0.25, -0.2) is 18.8 Å². The van der Waals surface area contributed by atoms with Gasteiger partial charge in [-0.2, -0.15) is 0 Å². The lowest BCUT2D eigenvalue weighted by molar-refractivity contribution is -0.140. The molecule has 0 radical (unpaired) electrons. The average molecular weight is 429 g/mol. The highest BCUT2D eigenvalue weighted by Crippen LogP contribution is 2.31. The zero-order chi connectivity index (χ0) is 22.5. The van der Waals surface area contributed by atoms with Gasteiger partial charge in [-0.3, -0.25) is 0 Å². The summed E-state index contributed by atoms with van der Waals surface area (Å²) in [6.45, 7) is -0.112. The van der Waals surface area contributed by atoms with Crippen LogP contribution in [0.5, 0.6) is 0 Å². The second-order valence-electron chi connectivity index (χ2n) is 6.45. The highest BCUT2D eigenvalue weighted by atomic mass is 19.1. The Labute approximate surface area is 177 Å². The molecule has 1 aliphatic heterocycles. The summed E-state index contributed by atoms with van der Waals surface area (Å²) in [4.78, 5) is 37.9. The van der Waals surface area contributed by atoms with Crippen LogP contribution in [0.15, 0.2) is 53.7 Å². The first-order valence-corrected chi connectivity index (χ1v) is 9.14. The summed E-state index contributed by atoms with van der Waals surface area (Å²) in [6.07, 6.45) is 0. The number of rotatable bonds is 5. The number of hydrogen-bond acceptors (Lipinski definition) is 8. The van der Waals surface area contributed by atoms with Gasteiger partial charge >= 0.3 is 17.9 Å². The molecule has 0 saturated heterocycles. The number of halogens is 1. The number of methoxy groups -OCH3 is 3. The number of hydrogen-bond donors (Lipinski definition) is 0. The Hall–Kier alpha value is -3.72. The van der Waals surface area contributed by atoms with Crippen molar-refractivity contribution in [2.24, 2.45) is 0 Å². The summed E-state index contributed by atoms with van der Waals surface area (Å²) in [5, 5.41) is 0. The van der Waals surface area contributed by atoms with Crippen molar-refractivity contribution in [1.29, 1.82) is 0 Å². The van der Waals surface area contributed by atoms with Gasteiger partial charge in [-0.15, -0.1) is 0 Å². The van der Waals surface area contributed by atoms with Gasteiger partial charge in [0.05, 0.1) is 39.1 Å². The molecule has 0 amide bonds. The smallest absolute Gasteiger partial charge is 0.355 e. The summed E-state index contributed by atoms with van der Waals surface area (Å²) in [7, 11) is 3.59. The third-order valence-corrected chi connectivity index (χ3v) is 4.70. The lowest BCUT2D eigenvalue weighted by Gasteiger charge is -2.31. The zero-order valence-electron chi connectivity index (χ0n) is 17.1. The van der Waals surface area contributed by atoms with E-state index in [2.05, 4.69) is 4.74 Å². The summed E-state index contributed by atoms with van der Waals surface area (Å²) in [5.74, 6) is -2.92. The minimum Gasteiger partial charge on any atom is -0.466 e. The number of anilines is 1. The Morgan fingerprint density at radius 1 is 0.903 bits per heavy atom. The standard InChI is InChI=1S/C22H20FNO7/c1-28-20(25)16-10-14(7-8-18(16)23)13-5-4-6-15(9-13)24-12-31-11-17(21(26)29-2)19(24)22(27)30-3/h4-10H,11-12H2,1-3H3. The van der Waals surface area contributed by atoms with E-state index in [4.69, 9.17) is 14.2 Å². The fourth-order valence-electron chi connectivity index (χ4n) is 3.17. The quantitative estimate of drug-likeness (QED) is 0.529. The average Bonchev–Trinajstić information content (AvgIpc) is 2.82. The van der Waals surface area contributed by atoms with Gasteiger partial charge in [-0.05, 0) is 35.4 Å². The molecule has 1 heterocycles. The number of carbonyl (C=O) groups is 3. The Morgan fingerprint density at radius 2 is 1.58 bits per heavy atom. The maximum absolute atomic E-state index is 14.0. The number of nitrogens with zero attached hydrogens (tertiary/aromatic N) is 1. The second-order valence-corrected chi connectivity index (χ2v) is 6.45. The van der Waals surface area contributed by atoms with Crippen molar-refractivity contribution in [3.8, 4) is 11.1 Å². The molecule has 1 aliphatic rings. The Balaban J connectivity index is 2.07. The lowest BCUT2D eigenvalue weighted by Crippen LogP contribution is -2.38. The van der Waals surface area contributed by atoms with Crippen LogP contribution >= 0.6 is 0 Å². The van der Waals surface area contributed by atoms with Crippen molar-refractivity contribution in [3.63, 3.8) is 0 Å². The fraction of sp³-hybridized carbons (Fsp3) is 0.227. The van der Waals surface area contributed by atoms with Gasteiger partial charge in [0.1, 0.15) is 18.2 Å². The van der Waals surface area contributed by atoms with Crippen LogP contribution in [-0.4, -0.2) is 52.6 Å². The van der Waals surface area contributed by atoms with Crippen LogP contribution in [0.1, 0.15) is 10.4 Å². The van der Waals surface area contributed by atoms with Crippen LogP contribution in [0, 0.1) is 5.82 Å². The van der Waals surface area contributed by atoms with E-state index < -0.39 is 23.7 Å². The maximum Gasteiger partial charge on any atom is 0.355 e. The molecule has 162 valence electrons. The molecule has 9 heteroatoms. The molecule has 0 unspecified atom stereocenters. The fourth-order valence-corrected chi connectivity index (χ4v) is 3.17. The van der Waals surface area contributed by atoms with E-state index >= 15 is 0 Å². The minimum atomic E-state index is -0.793. The highest BCUT2D eigenvalue weighted by Gasteiger charge is 2.32. The van der Waals surface area contributed by atoms with Crippen LogP contribution in [0.25, 0.3) is 11.1 Å². The van der Waals surface area contributed by atoms with Crippen LogP contribution in [-0.2, 0) is 28.5 Å². The van der Waals surface area contributed by atoms with Gasteiger partial charge in [0, 0.05) is 5.69 Å². The van der Waals surface area contributed by atoms with Crippen LogP contribution < -0.4 is 4.90 Å². The first kappa shape index (κ1) is 22.0. The first-order valence-electron chi connectivity index (χ1n) is 9.14. The predicted molar refractivity (Wildman–Crippen MR) is 108 cm³/mol. The Bertz CT molecular complexity index is 1060. The van der Waals surface area contributed by atoms with Gasteiger partial charge < -0.3 is 23.8 Å². The van der Waals surface area contributed by atoms with E-state index in [-0.39, 0.29) is 30.2 Å². The molecule has 2 aromatic carbocycles. The number of esters is 3. The number of benzene rings is 2. The zero-order valence-corrected chi connectivity index (χ0v) is 17.1. The van der Waals surface area contributed by atoms with Crippen molar-refractivity contribution < 1.29 is 37.7 Å². The largest absolute Gasteiger partial charge is 0.466 e. The summed E-state index contributed by atoms with van der Waals surface area (Å²) in [6, 6.07) is 11.0. The van der Waals surface area contributed by atoms with Crippen molar-refractivity contribution >= 4 is 23.6 Å². The molecule has 0 aromatic heterocycles. The molecule has 2 aromatic rings. The van der Waals surface area contributed by atoms with Crippen LogP contribution in [0.3, 0.4) is 0 Å². The molecule has 0 aliphatic carbocycles. The summed E-state index contributed by atoms with van der Waals surface area (Å²) >= 11 is 0. The van der Waals surface area contributed by atoms with E-state index in [9.17, 15) is 18.8 Å². The molecule has 0 spiro atoms. The van der Waals surface area contributed by atoms with E-state index in [0.29, 0.717) is 16.8 Å². The van der Waals surface area contributed by atoms with Crippen LogP contribution in [0.4, 0.5) is 10.1 Å². The minimum absolute atomic E-state index is 0.00658. The van der Waals surface area contributed by atoms with Crippen molar-refractivity contribution in [3.05, 3.63) is 65.1 Å². The second kappa shape index (κ2) is 9.40. The van der Waals surface area contributed by atoms with E-state index in [1.165, 1.54) is 44.4 Å². The van der Waals surface area contributed by atoms with Gasteiger partial charge in [0.2, 0.25) is 0 Å². The molecule has 0 atom stereocenters. The third kappa shape index (κ3) is 4.41. The Kier molecular flexibility index (Phi) is 6.66. The predicted octanol–water partition coefficient (Wildman–Crippen LogP) is 2.67. The molecule has 8 nitrogen and oxygen atoms in total. The van der Waals surface area contributed by atoms with E-state index in [1.807, 2.05) is 0 Å². The number of ether oxygens (including phenoxy) is 4.